The molecule has 1 atom stereocenters. The third-order valence-corrected chi connectivity index (χ3v) is 2.92. The molecule has 1 aromatic carbocycles. The van der Waals surface area contributed by atoms with E-state index in [1.54, 1.807) is 0 Å². The van der Waals surface area contributed by atoms with E-state index in [-0.39, 0.29) is 11.9 Å². The van der Waals surface area contributed by atoms with Crippen LogP contribution in [-0.4, -0.2) is 30.4 Å². The van der Waals surface area contributed by atoms with Crippen molar-refractivity contribution in [3.63, 3.8) is 0 Å². The number of nitrogens with zero attached hydrogens (tertiary/aromatic N) is 1. The number of amides is 1. The first kappa shape index (κ1) is 13.7. The summed E-state index contributed by atoms with van der Waals surface area (Å²) in [5.74, 6) is 0.207. The van der Waals surface area contributed by atoms with Crippen molar-refractivity contribution in [2.45, 2.75) is 32.9 Å². The van der Waals surface area contributed by atoms with Gasteiger partial charge in [-0.2, -0.15) is 0 Å². The van der Waals surface area contributed by atoms with Crippen LogP contribution >= 0.6 is 0 Å². The van der Waals surface area contributed by atoms with Gasteiger partial charge < -0.3 is 10.2 Å². The number of carbonyl (C=O) groups excluding carboxylic acids is 1. The minimum atomic E-state index is 0.207. The zero-order chi connectivity index (χ0) is 12.7. The highest BCUT2D eigenvalue weighted by atomic mass is 16.2. The largest absolute Gasteiger partial charge is 0.339 e. The van der Waals surface area contributed by atoms with E-state index >= 15 is 0 Å². The molecule has 94 valence electrons. The number of rotatable bonds is 6. The Kier molecular flexibility index (Phi) is 5.70. The van der Waals surface area contributed by atoms with Crippen molar-refractivity contribution in [2.75, 3.05) is 13.6 Å². The SMILES string of the molecule is CCN(Cc1ccccc1)C(=O)CC(C)NC. The molecule has 0 radical (unpaired) electrons. The van der Waals surface area contributed by atoms with Gasteiger partial charge in [0.25, 0.3) is 0 Å². The molecule has 0 saturated heterocycles. The van der Waals surface area contributed by atoms with E-state index in [9.17, 15) is 4.79 Å². The van der Waals surface area contributed by atoms with Gasteiger partial charge in [-0.05, 0) is 26.5 Å². The van der Waals surface area contributed by atoms with Gasteiger partial charge in [-0.1, -0.05) is 30.3 Å². The quantitative estimate of drug-likeness (QED) is 0.817. The topological polar surface area (TPSA) is 32.3 Å². The summed E-state index contributed by atoms with van der Waals surface area (Å²) in [4.78, 5) is 13.9. The fourth-order valence-corrected chi connectivity index (χ4v) is 1.67. The summed E-state index contributed by atoms with van der Waals surface area (Å²) in [5, 5.41) is 3.09. The minimum absolute atomic E-state index is 0.207. The molecule has 1 amide bonds. The van der Waals surface area contributed by atoms with Gasteiger partial charge in [-0.25, -0.2) is 0 Å². The Hall–Kier alpha value is -1.35. The van der Waals surface area contributed by atoms with Gasteiger partial charge in [0, 0.05) is 25.6 Å². The van der Waals surface area contributed by atoms with Crippen molar-refractivity contribution in [1.29, 1.82) is 0 Å². The van der Waals surface area contributed by atoms with Crippen LogP contribution in [0.25, 0.3) is 0 Å². The normalized spacial score (nSPS) is 12.2. The van der Waals surface area contributed by atoms with E-state index in [1.807, 2.05) is 44.0 Å². The average Bonchev–Trinajstić information content (AvgIpc) is 2.36. The summed E-state index contributed by atoms with van der Waals surface area (Å²) < 4.78 is 0. The highest BCUT2D eigenvalue weighted by Gasteiger charge is 2.14. The van der Waals surface area contributed by atoms with E-state index in [0.29, 0.717) is 13.0 Å². The van der Waals surface area contributed by atoms with Crippen molar-refractivity contribution >= 4 is 5.91 Å². The summed E-state index contributed by atoms with van der Waals surface area (Å²) in [5.41, 5.74) is 1.18. The predicted octanol–water partition coefficient (Wildman–Crippen LogP) is 2.03. The minimum Gasteiger partial charge on any atom is -0.339 e. The fraction of sp³-hybridized carbons (Fsp3) is 0.500. The standard InChI is InChI=1S/C14H22N2O/c1-4-16(14(17)10-12(2)15-3)11-13-8-6-5-7-9-13/h5-9,12,15H,4,10-11H2,1-3H3. The summed E-state index contributed by atoms with van der Waals surface area (Å²) in [7, 11) is 1.88. The molecule has 1 unspecified atom stereocenters. The highest BCUT2D eigenvalue weighted by Crippen LogP contribution is 2.06. The number of carbonyl (C=O) groups is 1. The number of benzene rings is 1. The Morgan fingerprint density at radius 3 is 2.53 bits per heavy atom. The van der Waals surface area contributed by atoms with Crippen LogP contribution in [0, 0.1) is 0 Å². The maximum absolute atomic E-state index is 12.0. The Labute approximate surface area is 104 Å². The molecular weight excluding hydrogens is 212 g/mol. The van der Waals surface area contributed by atoms with Crippen LogP contribution in [0.4, 0.5) is 0 Å². The molecule has 0 spiro atoms. The summed E-state index contributed by atoms with van der Waals surface area (Å²) in [6.07, 6.45) is 0.553. The van der Waals surface area contributed by atoms with Crippen LogP contribution < -0.4 is 5.32 Å². The van der Waals surface area contributed by atoms with Gasteiger partial charge in [-0.15, -0.1) is 0 Å². The van der Waals surface area contributed by atoms with E-state index in [2.05, 4.69) is 17.4 Å². The molecule has 3 nitrogen and oxygen atoms in total. The smallest absolute Gasteiger partial charge is 0.224 e. The lowest BCUT2D eigenvalue weighted by Crippen LogP contribution is -2.35. The van der Waals surface area contributed by atoms with Crippen LogP contribution in [0.15, 0.2) is 30.3 Å². The van der Waals surface area contributed by atoms with Crippen LogP contribution in [0.5, 0.6) is 0 Å². The predicted molar refractivity (Wildman–Crippen MR) is 70.7 cm³/mol. The summed E-state index contributed by atoms with van der Waals surface area (Å²) in [6, 6.07) is 10.3. The Morgan fingerprint density at radius 2 is 2.00 bits per heavy atom. The van der Waals surface area contributed by atoms with Crippen LogP contribution in [-0.2, 0) is 11.3 Å². The molecule has 1 rings (SSSR count). The lowest BCUT2D eigenvalue weighted by atomic mass is 10.2. The highest BCUT2D eigenvalue weighted by molar-refractivity contribution is 5.76. The van der Waals surface area contributed by atoms with Crippen molar-refractivity contribution in [1.82, 2.24) is 10.2 Å². The molecule has 0 aliphatic carbocycles. The molecule has 0 aliphatic rings. The molecule has 3 heteroatoms. The molecule has 1 aromatic rings. The third kappa shape index (κ3) is 4.57. The molecular formula is C14H22N2O. The molecule has 0 heterocycles. The first-order valence-corrected chi connectivity index (χ1v) is 6.16. The van der Waals surface area contributed by atoms with Crippen LogP contribution in [0.2, 0.25) is 0 Å². The number of nitrogens with one attached hydrogen (secondary N) is 1. The second-order valence-corrected chi connectivity index (χ2v) is 4.29. The first-order valence-electron chi connectivity index (χ1n) is 6.16. The van der Waals surface area contributed by atoms with E-state index in [1.165, 1.54) is 5.56 Å². The Morgan fingerprint density at radius 1 is 1.35 bits per heavy atom. The van der Waals surface area contributed by atoms with Crippen LogP contribution in [0.3, 0.4) is 0 Å². The number of hydrogen-bond donors (Lipinski definition) is 1. The van der Waals surface area contributed by atoms with E-state index < -0.39 is 0 Å². The van der Waals surface area contributed by atoms with Crippen LogP contribution in [0.1, 0.15) is 25.8 Å². The number of hydrogen-bond acceptors (Lipinski definition) is 2. The van der Waals surface area contributed by atoms with Crippen molar-refractivity contribution in [3.8, 4) is 0 Å². The molecule has 0 aromatic heterocycles. The van der Waals surface area contributed by atoms with Gasteiger partial charge in [0.15, 0.2) is 0 Å². The monoisotopic (exact) mass is 234 g/mol. The van der Waals surface area contributed by atoms with Gasteiger partial charge in [-0.3, -0.25) is 4.79 Å². The van der Waals surface area contributed by atoms with E-state index in [0.717, 1.165) is 6.54 Å². The van der Waals surface area contributed by atoms with Gasteiger partial charge >= 0.3 is 0 Å². The summed E-state index contributed by atoms with van der Waals surface area (Å²) in [6.45, 7) is 5.50. The van der Waals surface area contributed by atoms with Gasteiger partial charge in [0.2, 0.25) is 5.91 Å². The fourth-order valence-electron chi connectivity index (χ4n) is 1.67. The lowest BCUT2D eigenvalue weighted by Gasteiger charge is -2.22. The average molecular weight is 234 g/mol. The lowest BCUT2D eigenvalue weighted by molar-refractivity contribution is -0.132. The molecule has 1 N–H and O–H groups in total. The van der Waals surface area contributed by atoms with Gasteiger partial charge in [0.1, 0.15) is 0 Å². The van der Waals surface area contributed by atoms with Gasteiger partial charge in [0.05, 0.1) is 0 Å². The third-order valence-electron chi connectivity index (χ3n) is 2.92. The van der Waals surface area contributed by atoms with E-state index in [4.69, 9.17) is 0 Å². The van der Waals surface area contributed by atoms with Crippen molar-refractivity contribution in [3.05, 3.63) is 35.9 Å². The molecule has 0 aliphatic heterocycles. The first-order chi connectivity index (χ1) is 8.17. The maximum Gasteiger partial charge on any atom is 0.224 e. The zero-order valence-electron chi connectivity index (χ0n) is 10.9. The maximum atomic E-state index is 12.0. The van der Waals surface area contributed by atoms with Crippen molar-refractivity contribution < 1.29 is 4.79 Å². The second-order valence-electron chi connectivity index (χ2n) is 4.29. The molecule has 0 bridgehead atoms. The molecule has 0 saturated carbocycles. The molecule has 17 heavy (non-hydrogen) atoms. The second kappa shape index (κ2) is 7.07. The Bertz CT molecular complexity index is 337. The zero-order valence-corrected chi connectivity index (χ0v) is 10.9. The summed E-state index contributed by atoms with van der Waals surface area (Å²) >= 11 is 0. The molecule has 0 fully saturated rings. The Balaban J connectivity index is 2.56. The van der Waals surface area contributed by atoms with Crippen molar-refractivity contribution in [2.24, 2.45) is 0 Å².